The molecule has 0 spiro atoms. The van der Waals surface area contributed by atoms with Gasteiger partial charge in [-0.2, -0.15) is 0 Å². The van der Waals surface area contributed by atoms with E-state index in [1.54, 1.807) is 6.07 Å². The molecule has 94 valence electrons. The lowest BCUT2D eigenvalue weighted by molar-refractivity contribution is 0.244. The number of benzene rings is 1. The molecular weight excluding hydrogens is 237 g/mol. The molecule has 1 fully saturated rings. The fraction of sp³-hybridized carbons (Fsp3) is 0.571. The first-order chi connectivity index (χ1) is 8.06. The van der Waals surface area contributed by atoms with E-state index in [0.29, 0.717) is 10.9 Å². The number of hydrogen-bond acceptors (Lipinski definition) is 1. The first-order valence-electron chi connectivity index (χ1n) is 6.25. The molecule has 0 aliphatic heterocycles. The molecule has 17 heavy (non-hydrogen) atoms. The maximum Gasteiger partial charge on any atom is 0.124 e. The quantitative estimate of drug-likeness (QED) is 0.855. The molecule has 0 saturated heterocycles. The third-order valence-electron chi connectivity index (χ3n) is 3.80. The zero-order valence-electron chi connectivity index (χ0n) is 10.1. The molecule has 3 atom stereocenters. The van der Waals surface area contributed by atoms with Gasteiger partial charge in [0.1, 0.15) is 5.82 Å². The Hall–Kier alpha value is -0.600. The van der Waals surface area contributed by atoms with Gasteiger partial charge in [0.15, 0.2) is 0 Å². The first-order valence-corrected chi connectivity index (χ1v) is 6.63. The number of rotatable bonds is 2. The van der Waals surface area contributed by atoms with Gasteiger partial charge in [0.05, 0.1) is 0 Å². The average Bonchev–Trinajstić information content (AvgIpc) is 2.27. The van der Waals surface area contributed by atoms with Gasteiger partial charge in [-0.25, -0.2) is 4.39 Å². The Morgan fingerprint density at radius 2 is 2.18 bits per heavy atom. The summed E-state index contributed by atoms with van der Waals surface area (Å²) in [6.07, 6.45) is 4.32. The highest BCUT2D eigenvalue weighted by Gasteiger charge is 2.26. The van der Waals surface area contributed by atoms with Gasteiger partial charge < -0.3 is 5.73 Å². The number of halogens is 2. The summed E-state index contributed by atoms with van der Waals surface area (Å²) in [6, 6.07) is 4.89. The van der Waals surface area contributed by atoms with Gasteiger partial charge >= 0.3 is 0 Å². The molecule has 0 bridgehead atoms. The highest BCUT2D eigenvalue weighted by atomic mass is 35.5. The largest absolute Gasteiger partial charge is 0.327 e. The van der Waals surface area contributed by atoms with E-state index in [9.17, 15) is 4.39 Å². The fourth-order valence-corrected chi connectivity index (χ4v) is 2.97. The van der Waals surface area contributed by atoms with E-state index in [2.05, 4.69) is 6.92 Å². The highest BCUT2D eigenvalue weighted by Crippen LogP contribution is 2.32. The summed E-state index contributed by atoms with van der Waals surface area (Å²) in [5.41, 5.74) is 7.17. The van der Waals surface area contributed by atoms with Crippen LogP contribution in [-0.4, -0.2) is 6.04 Å². The minimum atomic E-state index is -0.278. The Morgan fingerprint density at radius 3 is 2.88 bits per heavy atom. The van der Waals surface area contributed by atoms with Gasteiger partial charge in [-0.15, -0.1) is 0 Å². The molecule has 3 heteroatoms. The molecule has 1 nitrogen and oxygen atoms in total. The standard InChI is InChI=1S/C14H19ClFN/c1-9-2-5-14(17)11(6-9)7-10-3-4-12(16)8-13(10)15/h3-4,8-9,11,14H,2,5-7,17H2,1H3. The van der Waals surface area contributed by atoms with E-state index < -0.39 is 0 Å². The third kappa shape index (κ3) is 3.20. The SMILES string of the molecule is CC1CCC(N)C(Cc2ccc(F)cc2Cl)C1. The Balaban J connectivity index is 2.08. The van der Waals surface area contributed by atoms with Crippen molar-refractivity contribution in [1.29, 1.82) is 0 Å². The second-order valence-electron chi connectivity index (χ2n) is 5.28. The van der Waals surface area contributed by atoms with Crippen LogP contribution in [0.5, 0.6) is 0 Å². The van der Waals surface area contributed by atoms with E-state index in [-0.39, 0.29) is 11.9 Å². The molecule has 2 rings (SSSR count). The van der Waals surface area contributed by atoms with Crippen LogP contribution >= 0.6 is 11.6 Å². The molecule has 1 aromatic rings. The molecule has 1 aliphatic carbocycles. The van der Waals surface area contributed by atoms with Crippen molar-refractivity contribution in [2.45, 2.75) is 38.6 Å². The zero-order valence-corrected chi connectivity index (χ0v) is 10.9. The van der Waals surface area contributed by atoms with Crippen LogP contribution in [0.4, 0.5) is 4.39 Å². The van der Waals surface area contributed by atoms with Crippen LogP contribution in [-0.2, 0) is 6.42 Å². The van der Waals surface area contributed by atoms with Crippen LogP contribution in [0, 0.1) is 17.7 Å². The van der Waals surface area contributed by atoms with Gasteiger partial charge in [0.25, 0.3) is 0 Å². The summed E-state index contributed by atoms with van der Waals surface area (Å²) in [4.78, 5) is 0. The van der Waals surface area contributed by atoms with Crippen LogP contribution in [0.1, 0.15) is 31.7 Å². The average molecular weight is 256 g/mol. The lowest BCUT2D eigenvalue weighted by Crippen LogP contribution is -2.36. The Bertz CT molecular complexity index is 394. The van der Waals surface area contributed by atoms with E-state index in [1.807, 2.05) is 0 Å². The summed E-state index contributed by atoms with van der Waals surface area (Å²) in [5, 5.41) is 0.524. The van der Waals surface area contributed by atoms with Crippen LogP contribution in [0.15, 0.2) is 18.2 Å². The van der Waals surface area contributed by atoms with Crippen LogP contribution in [0.25, 0.3) is 0 Å². The maximum absolute atomic E-state index is 13.0. The van der Waals surface area contributed by atoms with E-state index in [4.69, 9.17) is 17.3 Å². The minimum Gasteiger partial charge on any atom is -0.327 e. The molecule has 1 aromatic carbocycles. The zero-order chi connectivity index (χ0) is 12.4. The highest BCUT2D eigenvalue weighted by molar-refractivity contribution is 6.31. The molecular formula is C14H19ClFN. The van der Waals surface area contributed by atoms with E-state index in [0.717, 1.165) is 30.7 Å². The van der Waals surface area contributed by atoms with Gasteiger partial charge in [0.2, 0.25) is 0 Å². The fourth-order valence-electron chi connectivity index (χ4n) is 2.73. The lowest BCUT2D eigenvalue weighted by Gasteiger charge is -2.32. The third-order valence-corrected chi connectivity index (χ3v) is 4.15. The van der Waals surface area contributed by atoms with Gasteiger partial charge in [0, 0.05) is 11.1 Å². The van der Waals surface area contributed by atoms with Crippen molar-refractivity contribution in [2.75, 3.05) is 0 Å². The van der Waals surface area contributed by atoms with Crippen molar-refractivity contribution in [3.8, 4) is 0 Å². The maximum atomic E-state index is 13.0. The van der Waals surface area contributed by atoms with Gasteiger partial charge in [-0.1, -0.05) is 24.6 Å². The van der Waals surface area contributed by atoms with Gasteiger partial charge in [-0.3, -0.25) is 0 Å². The second-order valence-corrected chi connectivity index (χ2v) is 5.69. The van der Waals surface area contributed by atoms with Crippen molar-refractivity contribution < 1.29 is 4.39 Å². The Labute approximate surface area is 107 Å². The second kappa shape index (κ2) is 5.36. The first kappa shape index (κ1) is 12.8. The molecule has 0 aromatic heterocycles. The predicted octanol–water partition coefficient (Wildman–Crippen LogP) is 3.79. The number of nitrogens with two attached hydrogens (primary N) is 1. The van der Waals surface area contributed by atoms with E-state index in [1.165, 1.54) is 18.6 Å². The molecule has 0 heterocycles. The smallest absolute Gasteiger partial charge is 0.124 e. The normalized spacial score (nSPS) is 29.3. The summed E-state index contributed by atoms with van der Waals surface area (Å²) in [7, 11) is 0. The monoisotopic (exact) mass is 255 g/mol. The summed E-state index contributed by atoms with van der Waals surface area (Å²) in [5.74, 6) is 0.931. The topological polar surface area (TPSA) is 26.0 Å². The molecule has 0 radical (unpaired) electrons. The van der Waals surface area contributed by atoms with Crippen molar-refractivity contribution in [1.82, 2.24) is 0 Å². The Morgan fingerprint density at radius 1 is 1.41 bits per heavy atom. The molecule has 3 unspecified atom stereocenters. The molecule has 1 aliphatic rings. The summed E-state index contributed by atoms with van der Waals surface area (Å²) in [6.45, 7) is 2.27. The van der Waals surface area contributed by atoms with Crippen molar-refractivity contribution in [3.63, 3.8) is 0 Å². The minimum absolute atomic E-state index is 0.257. The van der Waals surface area contributed by atoms with E-state index >= 15 is 0 Å². The predicted molar refractivity (Wildman–Crippen MR) is 69.6 cm³/mol. The molecule has 2 N–H and O–H groups in total. The molecule has 0 amide bonds. The van der Waals surface area contributed by atoms with Crippen molar-refractivity contribution in [2.24, 2.45) is 17.6 Å². The van der Waals surface area contributed by atoms with Crippen LogP contribution in [0.3, 0.4) is 0 Å². The summed E-state index contributed by atoms with van der Waals surface area (Å²) < 4.78 is 13.0. The lowest BCUT2D eigenvalue weighted by atomic mass is 9.76. The van der Waals surface area contributed by atoms with Crippen molar-refractivity contribution >= 4 is 11.6 Å². The summed E-state index contributed by atoms with van der Waals surface area (Å²) >= 11 is 6.05. The van der Waals surface area contributed by atoms with Crippen LogP contribution < -0.4 is 5.73 Å². The van der Waals surface area contributed by atoms with Gasteiger partial charge in [-0.05, 0) is 55.2 Å². The van der Waals surface area contributed by atoms with Crippen molar-refractivity contribution in [3.05, 3.63) is 34.6 Å². The number of hydrogen-bond donors (Lipinski definition) is 1. The molecule has 1 saturated carbocycles. The Kier molecular flexibility index (Phi) is 4.05. The van der Waals surface area contributed by atoms with Crippen LogP contribution in [0.2, 0.25) is 5.02 Å².